The fraction of sp³-hybridized carbons (Fsp3) is 0.308. The average Bonchev–Trinajstić information content (AvgIpc) is 2.93. The minimum Gasteiger partial charge on any atom is -0.370 e. The molecule has 1 atom stereocenters. The Morgan fingerprint density at radius 2 is 2.26 bits per heavy atom. The summed E-state index contributed by atoms with van der Waals surface area (Å²) in [5.41, 5.74) is 0.592. The van der Waals surface area contributed by atoms with Crippen molar-refractivity contribution in [2.45, 2.75) is 19.9 Å². The Morgan fingerprint density at radius 3 is 2.95 bits per heavy atom. The Balaban J connectivity index is 2.05. The first kappa shape index (κ1) is 13.5. The number of aromatic nitrogens is 2. The van der Waals surface area contributed by atoms with Crippen LogP contribution in [0.2, 0.25) is 0 Å². The second kappa shape index (κ2) is 6.29. The molecule has 1 unspecified atom stereocenters. The Labute approximate surface area is 116 Å². The van der Waals surface area contributed by atoms with Crippen molar-refractivity contribution in [2.75, 3.05) is 11.9 Å². The van der Waals surface area contributed by atoms with Crippen LogP contribution >= 0.6 is 11.3 Å². The van der Waals surface area contributed by atoms with Crippen molar-refractivity contribution in [1.29, 1.82) is 0 Å². The first-order chi connectivity index (χ1) is 9.20. The van der Waals surface area contributed by atoms with Crippen molar-refractivity contribution >= 4 is 23.1 Å². The fourth-order valence-corrected chi connectivity index (χ4v) is 2.29. The third-order valence-corrected chi connectivity index (χ3v) is 3.51. The molecule has 0 aromatic carbocycles. The maximum atomic E-state index is 12.1. The molecule has 0 saturated heterocycles. The van der Waals surface area contributed by atoms with Crippen LogP contribution in [0.5, 0.6) is 0 Å². The molecule has 0 saturated carbocycles. The van der Waals surface area contributed by atoms with E-state index in [9.17, 15) is 4.79 Å². The van der Waals surface area contributed by atoms with E-state index in [-0.39, 0.29) is 11.9 Å². The lowest BCUT2D eigenvalue weighted by molar-refractivity contribution is 0.0940. The van der Waals surface area contributed by atoms with Gasteiger partial charge in [-0.05, 0) is 26.0 Å². The Hall–Kier alpha value is -1.95. The van der Waals surface area contributed by atoms with Crippen LogP contribution in [-0.4, -0.2) is 22.4 Å². The zero-order chi connectivity index (χ0) is 13.7. The van der Waals surface area contributed by atoms with Gasteiger partial charge in [-0.3, -0.25) is 4.79 Å². The van der Waals surface area contributed by atoms with E-state index in [0.717, 1.165) is 11.6 Å². The van der Waals surface area contributed by atoms with E-state index in [2.05, 4.69) is 20.6 Å². The van der Waals surface area contributed by atoms with Gasteiger partial charge < -0.3 is 10.6 Å². The lowest BCUT2D eigenvalue weighted by Crippen LogP contribution is -2.26. The maximum absolute atomic E-state index is 12.1. The van der Waals surface area contributed by atoms with Crippen LogP contribution in [-0.2, 0) is 0 Å². The summed E-state index contributed by atoms with van der Waals surface area (Å²) >= 11 is 1.53. The SMILES string of the molecule is CCNc1cc(C(=O)NC(C)c2nccs2)ccn1. The van der Waals surface area contributed by atoms with E-state index in [1.54, 1.807) is 24.5 Å². The van der Waals surface area contributed by atoms with Gasteiger partial charge in [-0.2, -0.15) is 0 Å². The number of amides is 1. The van der Waals surface area contributed by atoms with Crippen LogP contribution in [0.4, 0.5) is 5.82 Å². The first-order valence-corrected chi connectivity index (χ1v) is 6.99. The van der Waals surface area contributed by atoms with E-state index >= 15 is 0 Å². The predicted octanol–water partition coefficient (Wildman–Crippen LogP) is 2.46. The van der Waals surface area contributed by atoms with Crippen LogP contribution in [0.15, 0.2) is 29.9 Å². The number of hydrogen-bond donors (Lipinski definition) is 2. The van der Waals surface area contributed by atoms with Crippen molar-refractivity contribution in [2.24, 2.45) is 0 Å². The highest BCUT2D eigenvalue weighted by atomic mass is 32.1. The number of nitrogens with zero attached hydrogens (tertiary/aromatic N) is 2. The van der Waals surface area contributed by atoms with Crippen LogP contribution < -0.4 is 10.6 Å². The van der Waals surface area contributed by atoms with Gasteiger partial charge in [-0.1, -0.05) is 0 Å². The van der Waals surface area contributed by atoms with E-state index < -0.39 is 0 Å². The highest BCUT2D eigenvalue weighted by molar-refractivity contribution is 7.09. The molecule has 2 heterocycles. The second-order valence-electron chi connectivity index (χ2n) is 4.03. The molecule has 6 heteroatoms. The van der Waals surface area contributed by atoms with Crippen molar-refractivity contribution in [3.63, 3.8) is 0 Å². The summed E-state index contributed by atoms with van der Waals surface area (Å²) in [7, 11) is 0. The Kier molecular flexibility index (Phi) is 4.46. The molecule has 0 bridgehead atoms. The summed E-state index contributed by atoms with van der Waals surface area (Å²) in [4.78, 5) is 20.4. The zero-order valence-corrected chi connectivity index (χ0v) is 11.7. The summed E-state index contributed by atoms with van der Waals surface area (Å²) < 4.78 is 0. The Morgan fingerprint density at radius 1 is 1.42 bits per heavy atom. The number of rotatable bonds is 5. The maximum Gasteiger partial charge on any atom is 0.252 e. The number of carbonyl (C=O) groups is 1. The molecule has 2 rings (SSSR count). The van der Waals surface area contributed by atoms with Crippen molar-refractivity contribution in [1.82, 2.24) is 15.3 Å². The Bertz CT molecular complexity index is 541. The molecule has 0 fully saturated rings. The predicted molar refractivity (Wildman–Crippen MR) is 76.4 cm³/mol. The van der Waals surface area contributed by atoms with Crippen LogP contribution in [0.3, 0.4) is 0 Å². The number of carbonyl (C=O) groups excluding carboxylic acids is 1. The molecule has 0 spiro atoms. The molecule has 0 radical (unpaired) electrons. The fourth-order valence-electron chi connectivity index (χ4n) is 1.64. The highest BCUT2D eigenvalue weighted by Gasteiger charge is 2.13. The summed E-state index contributed by atoms with van der Waals surface area (Å²) in [5, 5.41) is 8.80. The minimum absolute atomic E-state index is 0.0942. The standard InChI is InChI=1S/C13H16N4OS/c1-3-14-11-8-10(4-5-15-11)12(18)17-9(2)13-16-6-7-19-13/h4-9H,3H2,1-2H3,(H,14,15)(H,17,18). The van der Waals surface area contributed by atoms with Gasteiger partial charge in [-0.25, -0.2) is 9.97 Å². The van der Waals surface area contributed by atoms with Crippen molar-refractivity contribution in [3.8, 4) is 0 Å². The molecule has 2 N–H and O–H groups in total. The number of nitrogens with one attached hydrogen (secondary N) is 2. The molecule has 0 aliphatic heterocycles. The van der Waals surface area contributed by atoms with Gasteiger partial charge in [0.25, 0.3) is 5.91 Å². The van der Waals surface area contributed by atoms with Gasteiger partial charge in [0.2, 0.25) is 0 Å². The van der Waals surface area contributed by atoms with Crippen LogP contribution in [0.1, 0.15) is 35.3 Å². The van der Waals surface area contributed by atoms with Crippen molar-refractivity contribution in [3.05, 3.63) is 40.5 Å². The lowest BCUT2D eigenvalue weighted by atomic mass is 10.2. The highest BCUT2D eigenvalue weighted by Crippen LogP contribution is 2.15. The number of hydrogen-bond acceptors (Lipinski definition) is 5. The normalized spacial score (nSPS) is 11.9. The van der Waals surface area contributed by atoms with Gasteiger partial charge in [0, 0.05) is 29.9 Å². The van der Waals surface area contributed by atoms with Gasteiger partial charge >= 0.3 is 0 Å². The van der Waals surface area contributed by atoms with Crippen LogP contribution in [0, 0.1) is 0 Å². The second-order valence-corrected chi connectivity index (χ2v) is 4.95. The molecule has 2 aromatic heterocycles. The molecule has 2 aromatic rings. The van der Waals surface area contributed by atoms with Gasteiger partial charge in [-0.15, -0.1) is 11.3 Å². The number of pyridine rings is 1. The molecule has 100 valence electrons. The smallest absolute Gasteiger partial charge is 0.252 e. The quantitative estimate of drug-likeness (QED) is 0.880. The summed E-state index contributed by atoms with van der Waals surface area (Å²) in [5.74, 6) is 0.585. The first-order valence-electron chi connectivity index (χ1n) is 6.11. The summed E-state index contributed by atoms with van der Waals surface area (Å²) in [6, 6.07) is 3.35. The van der Waals surface area contributed by atoms with Crippen LogP contribution in [0.25, 0.3) is 0 Å². The third-order valence-electron chi connectivity index (χ3n) is 2.55. The minimum atomic E-state index is -0.121. The lowest BCUT2D eigenvalue weighted by Gasteiger charge is -2.11. The molecule has 5 nitrogen and oxygen atoms in total. The number of thiazole rings is 1. The van der Waals surface area contributed by atoms with E-state index in [0.29, 0.717) is 11.4 Å². The zero-order valence-electron chi connectivity index (χ0n) is 10.9. The summed E-state index contributed by atoms with van der Waals surface area (Å²) in [6.07, 6.45) is 3.36. The summed E-state index contributed by atoms with van der Waals surface area (Å²) in [6.45, 7) is 4.68. The molecule has 0 aliphatic carbocycles. The topological polar surface area (TPSA) is 66.9 Å². The average molecular weight is 276 g/mol. The number of anilines is 1. The molecule has 1 amide bonds. The monoisotopic (exact) mass is 276 g/mol. The van der Waals surface area contributed by atoms with E-state index in [1.165, 1.54) is 11.3 Å². The van der Waals surface area contributed by atoms with E-state index in [4.69, 9.17) is 0 Å². The molecular weight excluding hydrogens is 260 g/mol. The molecular formula is C13H16N4OS. The largest absolute Gasteiger partial charge is 0.370 e. The van der Waals surface area contributed by atoms with Gasteiger partial charge in [0.1, 0.15) is 10.8 Å². The third kappa shape index (κ3) is 3.51. The molecule has 19 heavy (non-hydrogen) atoms. The van der Waals surface area contributed by atoms with Gasteiger partial charge in [0.15, 0.2) is 0 Å². The van der Waals surface area contributed by atoms with Crippen molar-refractivity contribution < 1.29 is 4.79 Å². The van der Waals surface area contributed by atoms with E-state index in [1.807, 2.05) is 19.2 Å². The molecule has 0 aliphatic rings. The van der Waals surface area contributed by atoms with Gasteiger partial charge in [0.05, 0.1) is 6.04 Å².